The molecule has 96 valence electrons. The second kappa shape index (κ2) is 5.73. The van der Waals surface area contributed by atoms with Crippen molar-refractivity contribution in [3.8, 4) is 0 Å². The van der Waals surface area contributed by atoms with Crippen molar-refractivity contribution in [3.05, 3.63) is 0 Å². The lowest BCUT2D eigenvalue weighted by Crippen LogP contribution is -2.55. The average Bonchev–Trinajstić information content (AvgIpc) is 2.39. The molecule has 5 nitrogen and oxygen atoms in total. The summed E-state index contributed by atoms with van der Waals surface area (Å²) in [6.07, 6.45) is 3.08. The summed E-state index contributed by atoms with van der Waals surface area (Å²) in [5.74, 6) is 0.00244. The van der Waals surface area contributed by atoms with Gasteiger partial charge in [-0.1, -0.05) is 6.42 Å². The first kappa shape index (κ1) is 12.7. The second-order valence-electron chi connectivity index (χ2n) is 4.32. The van der Waals surface area contributed by atoms with E-state index in [1.807, 2.05) is 0 Å². The number of rotatable bonds is 2. The third-order valence-corrected chi connectivity index (χ3v) is 4.52. The predicted octanol–water partition coefficient (Wildman–Crippen LogP) is 0.584. The molecule has 0 aliphatic carbocycles. The maximum atomic E-state index is 12.3. The molecule has 2 heterocycles. The minimum absolute atomic E-state index is 0.0228. The summed E-state index contributed by atoms with van der Waals surface area (Å²) < 4.78 is 5.13. The first-order valence-electron chi connectivity index (χ1n) is 5.93. The van der Waals surface area contributed by atoms with Crippen LogP contribution < -0.4 is 0 Å². The van der Waals surface area contributed by atoms with Gasteiger partial charge in [0.05, 0.1) is 18.5 Å². The van der Waals surface area contributed by atoms with Crippen LogP contribution in [-0.4, -0.2) is 58.7 Å². The van der Waals surface area contributed by atoms with Crippen LogP contribution in [0.4, 0.5) is 0 Å². The minimum Gasteiger partial charge on any atom is -0.480 e. The van der Waals surface area contributed by atoms with Gasteiger partial charge in [-0.15, -0.1) is 11.8 Å². The maximum Gasteiger partial charge on any atom is 0.328 e. The summed E-state index contributed by atoms with van der Waals surface area (Å²) in [6, 6.07) is -0.807. The molecule has 2 aliphatic heterocycles. The average molecular weight is 259 g/mol. The van der Waals surface area contributed by atoms with Crippen LogP contribution in [0.3, 0.4) is 0 Å². The van der Waals surface area contributed by atoms with E-state index < -0.39 is 12.0 Å². The Morgan fingerprint density at radius 3 is 2.82 bits per heavy atom. The van der Waals surface area contributed by atoms with E-state index in [9.17, 15) is 9.59 Å². The molecule has 17 heavy (non-hydrogen) atoms. The first-order chi connectivity index (χ1) is 8.20. The van der Waals surface area contributed by atoms with Crippen LogP contribution in [0.1, 0.15) is 19.3 Å². The number of carbonyl (C=O) groups is 2. The van der Waals surface area contributed by atoms with Crippen molar-refractivity contribution in [2.45, 2.75) is 30.6 Å². The highest BCUT2D eigenvalue weighted by Crippen LogP contribution is 2.27. The van der Waals surface area contributed by atoms with E-state index in [1.54, 1.807) is 11.8 Å². The normalized spacial score (nSPS) is 30.0. The Bertz CT molecular complexity index is 304. The van der Waals surface area contributed by atoms with E-state index in [1.165, 1.54) is 4.90 Å². The number of hydrogen-bond acceptors (Lipinski definition) is 4. The highest BCUT2D eigenvalue weighted by atomic mass is 32.2. The SMILES string of the molecule is O=C(O)C1COCCN1C(=O)C1CCCCS1. The largest absolute Gasteiger partial charge is 0.480 e. The van der Waals surface area contributed by atoms with Crippen molar-refractivity contribution in [1.82, 2.24) is 4.90 Å². The van der Waals surface area contributed by atoms with Gasteiger partial charge in [0, 0.05) is 6.54 Å². The van der Waals surface area contributed by atoms with Gasteiger partial charge in [0.15, 0.2) is 6.04 Å². The first-order valence-corrected chi connectivity index (χ1v) is 6.97. The van der Waals surface area contributed by atoms with Crippen LogP contribution >= 0.6 is 11.8 Å². The molecular weight excluding hydrogens is 242 g/mol. The maximum absolute atomic E-state index is 12.3. The molecular formula is C11H17NO4S. The number of morpholine rings is 1. The zero-order valence-corrected chi connectivity index (χ0v) is 10.4. The van der Waals surface area contributed by atoms with Gasteiger partial charge in [0.1, 0.15) is 0 Å². The number of aliphatic carboxylic acids is 1. The fourth-order valence-electron chi connectivity index (χ4n) is 2.19. The molecule has 0 spiro atoms. The predicted molar refractivity (Wildman–Crippen MR) is 64.1 cm³/mol. The van der Waals surface area contributed by atoms with Crippen molar-refractivity contribution >= 4 is 23.6 Å². The topological polar surface area (TPSA) is 66.8 Å². The molecule has 2 aliphatic rings. The number of carboxylic acid groups (broad SMARTS) is 1. The van der Waals surface area contributed by atoms with Gasteiger partial charge in [-0.25, -0.2) is 4.79 Å². The lowest BCUT2D eigenvalue weighted by Gasteiger charge is -2.35. The third-order valence-electron chi connectivity index (χ3n) is 3.15. The van der Waals surface area contributed by atoms with Crippen LogP contribution in [0.5, 0.6) is 0 Å². The molecule has 1 amide bonds. The van der Waals surface area contributed by atoms with Crippen LogP contribution in [0, 0.1) is 0 Å². The van der Waals surface area contributed by atoms with Crippen molar-refractivity contribution in [2.24, 2.45) is 0 Å². The van der Waals surface area contributed by atoms with Crippen LogP contribution in [0.25, 0.3) is 0 Å². The molecule has 0 bridgehead atoms. The van der Waals surface area contributed by atoms with Crippen molar-refractivity contribution in [1.29, 1.82) is 0 Å². The van der Waals surface area contributed by atoms with E-state index in [-0.39, 0.29) is 17.8 Å². The van der Waals surface area contributed by atoms with Crippen molar-refractivity contribution < 1.29 is 19.4 Å². The molecule has 0 radical (unpaired) electrons. The monoisotopic (exact) mass is 259 g/mol. The van der Waals surface area contributed by atoms with Gasteiger partial charge < -0.3 is 14.7 Å². The molecule has 1 N–H and O–H groups in total. The highest BCUT2D eigenvalue weighted by Gasteiger charge is 2.36. The van der Waals surface area contributed by atoms with Gasteiger partial charge in [-0.2, -0.15) is 0 Å². The fraction of sp³-hybridized carbons (Fsp3) is 0.818. The third kappa shape index (κ3) is 2.93. The molecule has 2 fully saturated rings. The quantitative estimate of drug-likeness (QED) is 0.786. The number of thioether (sulfide) groups is 1. The summed E-state index contributed by atoms with van der Waals surface area (Å²) in [6.45, 7) is 0.943. The fourth-order valence-corrected chi connectivity index (χ4v) is 3.46. The summed E-state index contributed by atoms with van der Waals surface area (Å²) >= 11 is 1.65. The Labute approximate surface area is 104 Å². The number of nitrogens with zero attached hydrogens (tertiary/aromatic N) is 1. The molecule has 0 aromatic heterocycles. The second-order valence-corrected chi connectivity index (χ2v) is 5.63. The zero-order valence-electron chi connectivity index (χ0n) is 9.63. The molecule has 0 aromatic carbocycles. The van der Waals surface area contributed by atoms with Crippen molar-refractivity contribution in [3.63, 3.8) is 0 Å². The molecule has 2 unspecified atom stereocenters. The van der Waals surface area contributed by atoms with Crippen LogP contribution in [-0.2, 0) is 14.3 Å². The summed E-state index contributed by atoms with van der Waals surface area (Å²) in [7, 11) is 0. The van der Waals surface area contributed by atoms with Gasteiger partial charge in [-0.3, -0.25) is 4.79 Å². The highest BCUT2D eigenvalue weighted by molar-refractivity contribution is 8.00. The smallest absolute Gasteiger partial charge is 0.328 e. The number of carboxylic acids is 1. The Morgan fingerprint density at radius 1 is 1.35 bits per heavy atom. The van der Waals surface area contributed by atoms with Gasteiger partial charge in [-0.05, 0) is 18.6 Å². The Kier molecular flexibility index (Phi) is 4.28. The Balaban J connectivity index is 2.02. The van der Waals surface area contributed by atoms with E-state index in [4.69, 9.17) is 9.84 Å². The molecule has 6 heteroatoms. The van der Waals surface area contributed by atoms with E-state index in [2.05, 4.69) is 0 Å². The van der Waals surface area contributed by atoms with Gasteiger partial charge in [0.2, 0.25) is 5.91 Å². The lowest BCUT2D eigenvalue weighted by molar-refractivity contribution is -0.158. The van der Waals surface area contributed by atoms with Gasteiger partial charge in [0.25, 0.3) is 0 Å². The summed E-state index contributed by atoms with van der Waals surface area (Å²) in [5.41, 5.74) is 0. The van der Waals surface area contributed by atoms with Crippen LogP contribution in [0.15, 0.2) is 0 Å². The lowest BCUT2D eigenvalue weighted by atomic mass is 10.1. The number of carbonyl (C=O) groups excluding carboxylic acids is 1. The Morgan fingerprint density at radius 2 is 2.18 bits per heavy atom. The molecule has 0 saturated carbocycles. The van der Waals surface area contributed by atoms with E-state index in [0.29, 0.717) is 13.2 Å². The zero-order chi connectivity index (χ0) is 12.3. The van der Waals surface area contributed by atoms with Gasteiger partial charge >= 0.3 is 5.97 Å². The van der Waals surface area contributed by atoms with E-state index >= 15 is 0 Å². The minimum atomic E-state index is -0.973. The number of amides is 1. The summed E-state index contributed by atoms with van der Waals surface area (Å²) in [4.78, 5) is 24.8. The standard InChI is InChI=1S/C11H17NO4S/c13-10(9-3-1-2-6-17-9)12-4-5-16-7-8(12)11(14)15/h8-9H,1-7H2,(H,14,15). The molecule has 2 saturated heterocycles. The number of hydrogen-bond donors (Lipinski definition) is 1. The molecule has 0 aromatic rings. The number of ether oxygens (including phenoxy) is 1. The van der Waals surface area contributed by atoms with E-state index in [0.717, 1.165) is 25.0 Å². The summed E-state index contributed by atoms with van der Waals surface area (Å²) in [5, 5.41) is 9.02. The molecule has 2 atom stereocenters. The molecule has 2 rings (SSSR count). The Hall–Kier alpha value is -0.750. The van der Waals surface area contributed by atoms with Crippen LogP contribution in [0.2, 0.25) is 0 Å². The van der Waals surface area contributed by atoms with Crippen molar-refractivity contribution in [2.75, 3.05) is 25.5 Å².